The lowest BCUT2D eigenvalue weighted by molar-refractivity contribution is 0.126. The standard InChI is InChI=1S/C33H26O/c1-23-22-25-13-9-10-18-28(25)31(23)30-21-20-24-12-8-11-19-29(24)32(30)33(34,26-14-4-2-5-15-26)27-16-6-3-7-17-27/h2-22,31,34H,1H3. The fraction of sp³-hybridized carbons (Fsp3) is 0.0909. The molecule has 1 aliphatic rings. The zero-order valence-corrected chi connectivity index (χ0v) is 19.1. The molecule has 1 atom stereocenters. The first-order chi connectivity index (χ1) is 16.7. The Kier molecular flexibility index (Phi) is 4.94. The summed E-state index contributed by atoms with van der Waals surface area (Å²) >= 11 is 0. The van der Waals surface area contributed by atoms with Crippen molar-refractivity contribution < 1.29 is 5.11 Å². The third-order valence-corrected chi connectivity index (χ3v) is 7.16. The van der Waals surface area contributed by atoms with E-state index in [4.69, 9.17) is 0 Å². The van der Waals surface area contributed by atoms with Crippen LogP contribution in [0.2, 0.25) is 0 Å². The molecular formula is C33H26O. The molecule has 6 rings (SSSR count). The summed E-state index contributed by atoms with van der Waals surface area (Å²) < 4.78 is 0. The molecule has 34 heavy (non-hydrogen) atoms. The molecule has 1 N–H and O–H groups in total. The Labute approximate surface area is 200 Å². The first-order valence-electron chi connectivity index (χ1n) is 11.8. The first kappa shape index (κ1) is 20.7. The van der Waals surface area contributed by atoms with Gasteiger partial charge in [-0.15, -0.1) is 0 Å². The van der Waals surface area contributed by atoms with Gasteiger partial charge in [-0.3, -0.25) is 0 Å². The number of aliphatic hydroxyl groups is 1. The maximum atomic E-state index is 12.9. The van der Waals surface area contributed by atoms with Gasteiger partial charge in [0.1, 0.15) is 5.60 Å². The molecule has 0 fully saturated rings. The van der Waals surface area contributed by atoms with Crippen molar-refractivity contribution in [2.45, 2.75) is 18.4 Å². The number of allylic oxidation sites excluding steroid dienone is 1. The lowest BCUT2D eigenvalue weighted by Crippen LogP contribution is -2.31. The van der Waals surface area contributed by atoms with Crippen molar-refractivity contribution in [2.75, 3.05) is 0 Å². The van der Waals surface area contributed by atoms with Gasteiger partial charge in [-0.25, -0.2) is 0 Å². The number of hydrogen-bond donors (Lipinski definition) is 1. The summed E-state index contributed by atoms with van der Waals surface area (Å²) in [5, 5.41) is 15.1. The summed E-state index contributed by atoms with van der Waals surface area (Å²) in [5.74, 6) is 0.0924. The summed E-state index contributed by atoms with van der Waals surface area (Å²) in [6.07, 6.45) is 2.28. The summed E-state index contributed by atoms with van der Waals surface area (Å²) in [7, 11) is 0. The van der Waals surface area contributed by atoms with Gasteiger partial charge in [-0.2, -0.15) is 0 Å². The van der Waals surface area contributed by atoms with Crippen molar-refractivity contribution in [3.05, 3.63) is 160 Å². The van der Waals surface area contributed by atoms with Gasteiger partial charge in [0, 0.05) is 11.5 Å². The maximum absolute atomic E-state index is 12.9. The van der Waals surface area contributed by atoms with Gasteiger partial charge in [0.15, 0.2) is 0 Å². The predicted octanol–water partition coefficient (Wildman–Crippen LogP) is 7.67. The first-order valence-corrected chi connectivity index (χ1v) is 11.8. The Morgan fingerprint density at radius 3 is 1.88 bits per heavy atom. The Balaban J connectivity index is 1.74. The van der Waals surface area contributed by atoms with Crippen LogP contribution in [0.4, 0.5) is 0 Å². The van der Waals surface area contributed by atoms with E-state index < -0.39 is 5.60 Å². The maximum Gasteiger partial charge on any atom is 0.141 e. The molecule has 0 aliphatic heterocycles. The summed E-state index contributed by atoms with van der Waals surface area (Å²) in [6, 6.07) is 41.6. The number of hydrogen-bond acceptors (Lipinski definition) is 1. The molecule has 0 spiro atoms. The van der Waals surface area contributed by atoms with Crippen molar-refractivity contribution >= 4 is 16.8 Å². The van der Waals surface area contributed by atoms with Gasteiger partial charge in [0.2, 0.25) is 0 Å². The molecule has 0 amide bonds. The van der Waals surface area contributed by atoms with E-state index in [-0.39, 0.29) is 5.92 Å². The zero-order valence-electron chi connectivity index (χ0n) is 19.1. The van der Waals surface area contributed by atoms with Gasteiger partial charge < -0.3 is 5.11 Å². The SMILES string of the molecule is CC1=Cc2ccccc2C1c1ccc2ccccc2c1C(O)(c1ccccc1)c1ccccc1. The third kappa shape index (κ3) is 3.13. The van der Waals surface area contributed by atoms with Gasteiger partial charge in [0.05, 0.1) is 0 Å². The second kappa shape index (κ2) is 8.13. The van der Waals surface area contributed by atoms with Gasteiger partial charge in [0.25, 0.3) is 0 Å². The highest BCUT2D eigenvalue weighted by atomic mass is 16.3. The van der Waals surface area contributed by atoms with Crippen LogP contribution in [-0.2, 0) is 5.60 Å². The Morgan fingerprint density at radius 1 is 0.588 bits per heavy atom. The fourth-order valence-corrected chi connectivity index (χ4v) is 5.64. The van der Waals surface area contributed by atoms with Crippen LogP contribution in [0.25, 0.3) is 16.8 Å². The molecule has 0 saturated heterocycles. The van der Waals surface area contributed by atoms with E-state index in [0.29, 0.717) is 0 Å². The van der Waals surface area contributed by atoms with E-state index in [0.717, 1.165) is 33.0 Å². The lowest BCUT2D eigenvalue weighted by Gasteiger charge is -2.35. The minimum Gasteiger partial charge on any atom is -0.376 e. The van der Waals surface area contributed by atoms with Crippen molar-refractivity contribution in [3.63, 3.8) is 0 Å². The molecule has 1 unspecified atom stereocenters. The highest BCUT2D eigenvalue weighted by Gasteiger charge is 2.39. The predicted molar refractivity (Wildman–Crippen MR) is 141 cm³/mol. The van der Waals surface area contributed by atoms with Gasteiger partial charge in [-0.1, -0.05) is 133 Å². The Bertz CT molecular complexity index is 1470. The Morgan fingerprint density at radius 2 is 1.18 bits per heavy atom. The molecule has 1 heteroatoms. The minimum atomic E-state index is -1.31. The summed E-state index contributed by atoms with van der Waals surface area (Å²) in [6.45, 7) is 2.20. The van der Waals surface area contributed by atoms with Crippen LogP contribution in [0.5, 0.6) is 0 Å². The summed E-state index contributed by atoms with van der Waals surface area (Å²) in [5.41, 5.74) is 6.37. The smallest absolute Gasteiger partial charge is 0.141 e. The van der Waals surface area contributed by atoms with Crippen LogP contribution in [0, 0.1) is 0 Å². The van der Waals surface area contributed by atoms with Gasteiger partial charge in [-0.05, 0) is 45.5 Å². The van der Waals surface area contributed by atoms with E-state index in [1.54, 1.807) is 0 Å². The Hall–Kier alpha value is -3.94. The average molecular weight is 439 g/mol. The van der Waals surface area contributed by atoms with Crippen LogP contribution >= 0.6 is 0 Å². The fourth-order valence-electron chi connectivity index (χ4n) is 5.64. The quantitative estimate of drug-likeness (QED) is 0.285. The molecule has 1 nitrogen and oxygen atoms in total. The van der Waals surface area contributed by atoms with E-state index >= 15 is 0 Å². The molecule has 0 bridgehead atoms. The molecule has 0 saturated carbocycles. The van der Waals surface area contributed by atoms with Crippen LogP contribution in [0.3, 0.4) is 0 Å². The minimum absolute atomic E-state index is 0.0924. The molecule has 1 aliphatic carbocycles. The van der Waals surface area contributed by atoms with E-state index in [1.165, 1.54) is 16.7 Å². The largest absolute Gasteiger partial charge is 0.376 e. The normalized spacial score (nSPS) is 15.2. The van der Waals surface area contributed by atoms with Crippen LogP contribution < -0.4 is 0 Å². The highest BCUT2D eigenvalue weighted by molar-refractivity contribution is 5.90. The molecule has 0 radical (unpaired) electrons. The number of rotatable bonds is 4. The molecule has 5 aromatic rings. The second-order valence-electron chi connectivity index (χ2n) is 9.14. The topological polar surface area (TPSA) is 20.2 Å². The number of fused-ring (bicyclic) bond motifs is 2. The molecule has 0 heterocycles. The van der Waals surface area contributed by atoms with Gasteiger partial charge >= 0.3 is 0 Å². The lowest BCUT2D eigenvalue weighted by atomic mass is 9.72. The van der Waals surface area contributed by atoms with E-state index in [9.17, 15) is 5.11 Å². The molecular weight excluding hydrogens is 412 g/mol. The number of benzene rings is 5. The average Bonchev–Trinajstić information content (AvgIpc) is 3.24. The van der Waals surface area contributed by atoms with Crippen molar-refractivity contribution in [2.24, 2.45) is 0 Å². The zero-order chi connectivity index (χ0) is 23.1. The second-order valence-corrected chi connectivity index (χ2v) is 9.14. The summed E-state index contributed by atoms with van der Waals surface area (Å²) in [4.78, 5) is 0. The van der Waals surface area contributed by atoms with Crippen LogP contribution in [0.1, 0.15) is 46.2 Å². The molecule has 164 valence electrons. The van der Waals surface area contributed by atoms with Crippen molar-refractivity contribution in [3.8, 4) is 0 Å². The monoisotopic (exact) mass is 438 g/mol. The van der Waals surface area contributed by atoms with Crippen LogP contribution in [0.15, 0.2) is 127 Å². The van der Waals surface area contributed by atoms with Crippen molar-refractivity contribution in [1.29, 1.82) is 0 Å². The molecule has 0 aromatic heterocycles. The highest BCUT2D eigenvalue weighted by Crippen LogP contribution is 2.49. The third-order valence-electron chi connectivity index (χ3n) is 7.16. The molecule has 5 aromatic carbocycles. The van der Waals surface area contributed by atoms with E-state index in [2.05, 4.69) is 73.7 Å². The van der Waals surface area contributed by atoms with E-state index in [1.807, 2.05) is 60.7 Å². The van der Waals surface area contributed by atoms with Crippen molar-refractivity contribution in [1.82, 2.24) is 0 Å². The van der Waals surface area contributed by atoms with Crippen LogP contribution in [-0.4, -0.2) is 5.11 Å².